The number of hydrogen-bond donors (Lipinski definition) is 1. The fourth-order valence-electron chi connectivity index (χ4n) is 1.36. The van der Waals surface area contributed by atoms with Crippen molar-refractivity contribution in [3.63, 3.8) is 0 Å². The van der Waals surface area contributed by atoms with Crippen LogP contribution in [0.5, 0.6) is 0 Å². The molecule has 0 aliphatic rings. The number of rotatable bonds is 11. The van der Waals surface area contributed by atoms with Gasteiger partial charge in [-0.2, -0.15) is 12.6 Å². The van der Waals surface area contributed by atoms with Gasteiger partial charge in [-0.15, -0.1) is 0 Å². The molecule has 0 spiro atoms. The minimum atomic E-state index is -2.08. The third-order valence-electron chi connectivity index (χ3n) is 2.34. The maximum atomic E-state index is 5.89. The van der Waals surface area contributed by atoms with Crippen LogP contribution in [0.4, 0.5) is 0 Å². The van der Waals surface area contributed by atoms with E-state index in [9.17, 15) is 0 Å². The van der Waals surface area contributed by atoms with Crippen molar-refractivity contribution < 1.29 is 18.3 Å². The van der Waals surface area contributed by atoms with Gasteiger partial charge < -0.3 is 18.3 Å². The number of ether oxygens (including phenoxy) is 2. The summed E-state index contributed by atoms with van der Waals surface area (Å²) in [6, 6.07) is 1.83. The topological polar surface area (TPSA) is 36.9 Å². The Hall–Kier alpha value is 0.407. The van der Waals surface area contributed by atoms with Crippen molar-refractivity contribution >= 4 is 21.2 Å². The van der Waals surface area contributed by atoms with Crippen LogP contribution in [0, 0.1) is 0 Å². The molecule has 0 amide bonds. The van der Waals surface area contributed by atoms with Crippen molar-refractivity contribution in [2.75, 3.05) is 46.4 Å². The summed E-state index contributed by atoms with van der Waals surface area (Å²) in [7, 11) is 1.26. The molecule has 0 saturated heterocycles. The molecule has 4 nitrogen and oxygen atoms in total. The van der Waals surface area contributed by atoms with Crippen LogP contribution in [0.3, 0.4) is 0 Å². The van der Waals surface area contributed by atoms with Crippen LogP contribution in [-0.2, 0) is 18.3 Å². The van der Waals surface area contributed by atoms with E-state index in [0.29, 0.717) is 26.4 Å². The fourth-order valence-corrected chi connectivity index (χ4v) is 4.77. The van der Waals surface area contributed by atoms with E-state index in [2.05, 4.69) is 19.6 Å². The Morgan fingerprint density at radius 3 is 1.75 bits per heavy atom. The van der Waals surface area contributed by atoms with E-state index in [1.165, 1.54) is 0 Å². The summed E-state index contributed by atoms with van der Waals surface area (Å²) in [5.74, 6) is 0.792. The van der Waals surface area contributed by atoms with Gasteiger partial charge in [-0.05, 0) is 17.8 Å². The zero-order chi connectivity index (χ0) is 12.3. The van der Waals surface area contributed by atoms with E-state index in [0.717, 1.165) is 17.8 Å². The Labute approximate surface area is 105 Å². The summed E-state index contributed by atoms with van der Waals surface area (Å²) >= 11 is 4.27. The number of thiol groups is 1. The molecule has 98 valence electrons. The Bertz CT molecular complexity index is 150. The van der Waals surface area contributed by atoms with Gasteiger partial charge in [0.05, 0.1) is 26.4 Å². The lowest BCUT2D eigenvalue weighted by atomic mass is 10.8. The zero-order valence-corrected chi connectivity index (χ0v) is 12.4. The second-order valence-corrected chi connectivity index (χ2v) is 7.47. The van der Waals surface area contributed by atoms with Gasteiger partial charge in [0.1, 0.15) is 0 Å². The van der Waals surface area contributed by atoms with Crippen LogP contribution in [0.15, 0.2) is 0 Å². The minimum absolute atomic E-state index is 0.595. The Morgan fingerprint density at radius 1 is 0.938 bits per heavy atom. The first kappa shape index (κ1) is 16.4. The standard InChI is InChI=1S/C10H24O4SSi/c1-4-16(10-9-15,13-7-5-11-2)14-8-6-12-3/h15H,4-10H2,1-3H3. The molecule has 0 aliphatic carbocycles. The molecule has 0 aromatic rings. The van der Waals surface area contributed by atoms with E-state index < -0.39 is 8.56 Å². The summed E-state index contributed by atoms with van der Waals surface area (Å²) in [5, 5.41) is 0. The second kappa shape index (κ2) is 10.6. The van der Waals surface area contributed by atoms with Crippen molar-refractivity contribution in [2.45, 2.75) is 19.0 Å². The lowest BCUT2D eigenvalue weighted by molar-refractivity contribution is 0.0867. The van der Waals surface area contributed by atoms with Gasteiger partial charge in [0.2, 0.25) is 0 Å². The molecule has 0 N–H and O–H groups in total. The van der Waals surface area contributed by atoms with Crippen molar-refractivity contribution in [1.29, 1.82) is 0 Å². The maximum Gasteiger partial charge on any atom is 0.338 e. The van der Waals surface area contributed by atoms with Crippen LogP contribution < -0.4 is 0 Å². The molecule has 0 saturated carbocycles. The van der Waals surface area contributed by atoms with Crippen LogP contribution in [0.2, 0.25) is 12.1 Å². The second-order valence-electron chi connectivity index (χ2n) is 3.42. The van der Waals surface area contributed by atoms with Gasteiger partial charge in [0.25, 0.3) is 0 Å². The van der Waals surface area contributed by atoms with Gasteiger partial charge >= 0.3 is 8.56 Å². The molecule has 0 fully saturated rings. The summed E-state index contributed by atoms with van der Waals surface area (Å²) in [5.41, 5.74) is 0. The Kier molecular flexibility index (Phi) is 10.8. The Morgan fingerprint density at radius 2 is 1.44 bits per heavy atom. The fraction of sp³-hybridized carbons (Fsp3) is 1.00. The van der Waals surface area contributed by atoms with E-state index in [1.54, 1.807) is 14.2 Å². The average molecular weight is 268 g/mol. The van der Waals surface area contributed by atoms with Crippen molar-refractivity contribution in [1.82, 2.24) is 0 Å². The lowest BCUT2D eigenvalue weighted by Crippen LogP contribution is -2.43. The SMILES string of the molecule is CC[Si](CCS)(OCCOC)OCCOC. The van der Waals surface area contributed by atoms with Crippen LogP contribution in [0.25, 0.3) is 0 Å². The van der Waals surface area contributed by atoms with Gasteiger partial charge in [0.15, 0.2) is 0 Å². The first-order valence-electron chi connectivity index (χ1n) is 5.61. The number of hydrogen-bond acceptors (Lipinski definition) is 5. The van der Waals surface area contributed by atoms with E-state index in [1.807, 2.05) is 0 Å². The lowest BCUT2D eigenvalue weighted by Gasteiger charge is -2.29. The van der Waals surface area contributed by atoms with E-state index in [4.69, 9.17) is 18.3 Å². The van der Waals surface area contributed by atoms with Crippen LogP contribution in [0.1, 0.15) is 6.92 Å². The average Bonchev–Trinajstić information content (AvgIpc) is 2.29. The van der Waals surface area contributed by atoms with Gasteiger partial charge in [-0.25, -0.2) is 0 Å². The summed E-state index contributed by atoms with van der Waals surface area (Å²) < 4.78 is 21.8. The highest BCUT2D eigenvalue weighted by Gasteiger charge is 2.34. The minimum Gasteiger partial charge on any atom is -0.392 e. The van der Waals surface area contributed by atoms with E-state index in [-0.39, 0.29) is 0 Å². The Balaban J connectivity index is 4.09. The summed E-state index contributed by atoms with van der Waals surface area (Å²) in [6.07, 6.45) is 0. The third-order valence-corrected chi connectivity index (χ3v) is 6.53. The quantitative estimate of drug-likeness (QED) is 0.352. The monoisotopic (exact) mass is 268 g/mol. The largest absolute Gasteiger partial charge is 0.392 e. The smallest absolute Gasteiger partial charge is 0.338 e. The predicted molar refractivity (Wildman–Crippen MR) is 70.6 cm³/mol. The third kappa shape index (κ3) is 6.88. The highest BCUT2D eigenvalue weighted by Crippen LogP contribution is 2.19. The first-order chi connectivity index (χ1) is 7.74. The van der Waals surface area contributed by atoms with Crippen molar-refractivity contribution in [3.05, 3.63) is 0 Å². The highest BCUT2D eigenvalue weighted by atomic mass is 32.1. The molecule has 0 heterocycles. The molecule has 0 rings (SSSR count). The molecular weight excluding hydrogens is 244 g/mol. The van der Waals surface area contributed by atoms with Crippen LogP contribution >= 0.6 is 12.6 Å². The van der Waals surface area contributed by atoms with Gasteiger partial charge in [-0.1, -0.05) is 6.92 Å². The molecule has 0 aromatic heterocycles. The predicted octanol–water partition coefficient (Wildman–Crippen LogP) is 1.70. The molecule has 0 radical (unpaired) electrons. The molecule has 0 aliphatic heterocycles. The molecule has 0 aromatic carbocycles. The van der Waals surface area contributed by atoms with Gasteiger partial charge in [-0.3, -0.25) is 0 Å². The van der Waals surface area contributed by atoms with Crippen LogP contribution in [-0.4, -0.2) is 55.0 Å². The maximum absolute atomic E-state index is 5.89. The molecule has 6 heteroatoms. The van der Waals surface area contributed by atoms with Gasteiger partial charge in [0, 0.05) is 14.2 Å². The molecule has 16 heavy (non-hydrogen) atoms. The van der Waals surface area contributed by atoms with E-state index >= 15 is 0 Å². The molecule has 0 bridgehead atoms. The summed E-state index contributed by atoms with van der Waals surface area (Å²) in [6.45, 7) is 4.51. The summed E-state index contributed by atoms with van der Waals surface area (Å²) in [4.78, 5) is 0. The number of methoxy groups -OCH3 is 2. The molecular formula is C10H24O4SSi. The highest BCUT2D eigenvalue weighted by molar-refractivity contribution is 7.80. The molecule has 0 atom stereocenters. The normalized spacial score (nSPS) is 12.0. The van der Waals surface area contributed by atoms with Crippen molar-refractivity contribution in [3.8, 4) is 0 Å². The van der Waals surface area contributed by atoms with Crippen molar-refractivity contribution in [2.24, 2.45) is 0 Å². The first-order valence-corrected chi connectivity index (χ1v) is 8.47. The zero-order valence-electron chi connectivity index (χ0n) is 10.5. The molecule has 0 unspecified atom stereocenters.